The highest BCUT2D eigenvalue weighted by Gasteiger charge is 2.07. The molecule has 0 unspecified atom stereocenters. The van der Waals surface area contributed by atoms with Gasteiger partial charge >= 0.3 is 0 Å². The fourth-order valence-electron chi connectivity index (χ4n) is 1.92. The van der Waals surface area contributed by atoms with Crippen LogP contribution in [0.25, 0.3) is 10.8 Å². The number of phenols is 1. The molecule has 19 heavy (non-hydrogen) atoms. The van der Waals surface area contributed by atoms with Gasteiger partial charge in [-0.25, -0.2) is 9.97 Å². The van der Waals surface area contributed by atoms with Crippen LogP contribution in [0.15, 0.2) is 58.7 Å². The SMILES string of the molecule is Cc1ccnc(Sc2ccc(O)c3ccccc23)n1. The Morgan fingerprint density at radius 2 is 1.79 bits per heavy atom. The van der Waals surface area contributed by atoms with Gasteiger partial charge in [0.1, 0.15) is 5.75 Å². The number of hydrogen-bond acceptors (Lipinski definition) is 4. The lowest BCUT2D eigenvalue weighted by Gasteiger charge is -2.07. The van der Waals surface area contributed by atoms with E-state index in [0.29, 0.717) is 5.75 Å². The number of aromatic hydroxyl groups is 1. The lowest BCUT2D eigenvalue weighted by atomic mass is 10.1. The van der Waals surface area contributed by atoms with E-state index in [-0.39, 0.29) is 0 Å². The van der Waals surface area contributed by atoms with Crippen LogP contribution in [-0.4, -0.2) is 15.1 Å². The molecule has 1 N–H and O–H groups in total. The van der Waals surface area contributed by atoms with E-state index in [1.807, 2.05) is 43.3 Å². The molecule has 3 nitrogen and oxygen atoms in total. The first kappa shape index (κ1) is 12.0. The van der Waals surface area contributed by atoms with Gasteiger partial charge in [0.25, 0.3) is 0 Å². The Balaban J connectivity index is 2.09. The second kappa shape index (κ2) is 4.90. The second-order valence-corrected chi connectivity index (χ2v) is 5.22. The number of fused-ring (bicyclic) bond motifs is 1. The Bertz CT molecular complexity index is 743. The van der Waals surface area contributed by atoms with E-state index in [1.54, 1.807) is 12.3 Å². The number of aromatic nitrogens is 2. The van der Waals surface area contributed by atoms with E-state index < -0.39 is 0 Å². The third-order valence-electron chi connectivity index (χ3n) is 2.84. The quantitative estimate of drug-likeness (QED) is 0.718. The van der Waals surface area contributed by atoms with Crippen LogP contribution in [0, 0.1) is 6.92 Å². The molecule has 0 bridgehead atoms. The van der Waals surface area contributed by atoms with Crippen molar-refractivity contribution in [3.63, 3.8) is 0 Å². The van der Waals surface area contributed by atoms with Crippen molar-refractivity contribution < 1.29 is 5.11 Å². The summed E-state index contributed by atoms with van der Waals surface area (Å²) in [6, 6.07) is 13.3. The Labute approximate surface area is 115 Å². The first-order chi connectivity index (χ1) is 9.24. The summed E-state index contributed by atoms with van der Waals surface area (Å²) >= 11 is 1.51. The van der Waals surface area contributed by atoms with Crippen molar-refractivity contribution in [2.45, 2.75) is 17.0 Å². The molecule has 4 heteroatoms. The molecule has 1 heterocycles. The zero-order chi connectivity index (χ0) is 13.2. The van der Waals surface area contributed by atoms with Crippen molar-refractivity contribution >= 4 is 22.5 Å². The van der Waals surface area contributed by atoms with Gasteiger partial charge in [0.05, 0.1) is 0 Å². The fourth-order valence-corrected chi connectivity index (χ4v) is 2.84. The zero-order valence-electron chi connectivity index (χ0n) is 10.4. The van der Waals surface area contributed by atoms with Crippen molar-refractivity contribution in [1.29, 1.82) is 0 Å². The molecular formula is C15H12N2OS. The highest BCUT2D eigenvalue weighted by Crippen LogP contribution is 2.35. The van der Waals surface area contributed by atoms with E-state index >= 15 is 0 Å². The van der Waals surface area contributed by atoms with Gasteiger partial charge in [-0.1, -0.05) is 24.3 Å². The molecule has 0 aliphatic heterocycles. The molecule has 1 aromatic heterocycles. The summed E-state index contributed by atoms with van der Waals surface area (Å²) < 4.78 is 0. The van der Waals surface area contributed by atoms with E-state index in [1.165, 1.54) is 11.8 Å². The molecule has 0 radical (unpaired) electrons. The van der Waals surface area contributed by atoms with Crippen molar-refractivity contribution in [3.8, 4) is 5.75 Å². The molecule has 0 spiro atoms. The molecule has 3 aromatic rings. The van der Waals surface area contributed by atoms with Gasteiger partial charge in [-0.05, 0) is 42.3 Å². The highest BCUT2D eigenvalue weighted by atomic mass is 32.2. The van der Waals surface area contributed by atoms with Gasteiger partial charge < -0.3 is 5.11 Å². The number of rotatable bonds is 2. The van der Waals surface area contributed by atoms with Crippen molar-refractivity contribution in [2.75, 3.05) is 0 Å². The summed E-state index contributed by atoms with van der Waals surface area (Å²) in [7, 11) is 0. The summed E-state index contributed by atoms with van der Waals surface area (Å²) in [6.07, 6.45) is 1.76. The molecule has 0 aliphatic carbocycles. The van der Waals surface area contributed by atoms with Crippen LogP contribution in [0.5, 0.6) is 5.75 Å². The molecule has 94 valence electrons. The van der Waals surface area contributed by atoms with Crippen LogP contribution in [0.4, 0.5) is 0 Å². The normalized spacial score (nSPS) is 10.8. The Hall–Kier alpha value is -2.07. The summed E-state index contributed by atoms with van der Waals surface area (Å²) in [5, 5.41) is 12.4. The van der Waals surface area contributed by atoms with Crippen molar-refractivity contribution in [3.05, 3.63) is 54.4 Å². The van der Waals surface area contributed by atoms with Gasteiger partial charge in [0.15, 0.2) is 5.16 Å². The third kappa shape index (κ3) is 2.39. The Kier molecular flexibility index (Phi) is 3.09. The zero-order valence-corrected chi connectivity index (χ0v) is 11.2. The average molecular weight is 268 g/mol. The maximum absolute atomic E-state index is 9.87. The smallest absolute Gasteiger partial charge is 0.192 e. The molecule has 0 atom stereocenters. The minimum Gasteiger partial charge on any atom is -0.507 e. The number of phenolic OH excluding ortho intramolecular Hbond substituents is 1. The van der Waals surface area contributed by atoms with Crippen LogP contribution in [0.3, 0.4) is 0 Å². The van der Waals surface area contributed by atoms with Gasteiger partial charge in [-0.2, -0.15) is 0 Å². The average Bonchev–Trinajstić information content (AvgIpc) is 2.42. The fraction of sp³-hybridized carbons (Fsp3) is 0.0667. The topological polar surface area (TPSA) is 46.0 Å². The molecule has 0 saturated heterocycles. The minimum atomic E-state index is 0.296. The number of aryl methyl sites for hydroxylation is 1. The Morgan fingerprint density at radius 3 is 2.58 bits per heavy atom. The lowest BCUT2D eigenvalue weighted by molar-refractivity contribution is 0.481. The molecule has 2 aromatic carbocycles. The summed E-state index contributed by atoms with van der Waals surface area (Å²) in [4.78, 5) is 9.68. The molecule has 3 rings (SSSR count). The predicted octanol–water partition coefficient (Wildman–Crippen LogP) is 3.80. The van der Waals surface area contributed by atoms with Crippen LogP contribution < -0.4 is 0 Å². The van der Waals surface area contributed by atoms with Crippen LogP contribution >= 0.6 is 11.8 Å². The van der Waals surface area contributed by atoms with E-state index in [4.69, 9.17) is 0 Å². The lowest BCUT2D eigenvalue weighted by Crippen LogP contribution is -1.88. The van der Waals surface area contributed by atoms with E-state index in [0.717, 1.165) is 26.5 Å². The van der Waals surface area contributed by atoms with E-state index in [2.05, 4.69) is 9.97 Å². The molecule has 0 amide bonds. The van der Waals surface area contributed by atoms with Gasteiger partial charge in [-0.3, -0.25) is 0 Å². The van der Waals surface area contributed by atoms with Crippen LogP contribution in [0.2, 0.25) is 0 Å². The molecular weight excluding hydrogens is 256 g/mol. The summed E-state index contributed by atoms with van der Waals surface area (Å²) in [5.74, 6) is 0.296. The van der Waals surface area contributed by atoms with Crippen LogP contribution in [0.1, 0.15) is 5.69 Å². The first-order valence-corrected chi connectivity index (χ1v) is 6.74. The van der Waals surface area contributed by atoms with Gasteiger partial charge in [0, 0.05) is 22.2 Å². The maximum atomic E-state index is 9.87. The summed E-state index contributed by atoms with van der Waals surface area (Å²) in [6.45, 7) is 1.95. The van der Waals surface area contributed by atoms with Crippen molar-refractivity contribution in [1.82, 2.24) is 9.97 Å². The summed E-state index contributed by atoms with van der Waals surface area (Å²) in [5.41, 5.74) is 0.945. The van der Waals surface area contributed by atoms with Gasteiger partial charge in [0.2, 0.25) is 0 Å². The largest absolute Gasteiger partial charge is 0.507 e. The Morgan fingerprint density at radius 1 is 1.00 bits per heavy atom. The molecule has 0 fully saturated rings. The monoisotopic (exact) mass is 268 g/mol. The standard InChI is InChI=1S/C15H12N2OS/c1-10-8-9-16-15(17-10)19-14-7-6-13(18)11-4-2-3-5-12(11)14/h2-9,18H,1H3. The molecule has 0 saturated carbocycles. The second-order valence-electron chi connectivity index (χ2n) is 4.21. The number of nitrogens with zero attached hydrogens (tertiary/aromatic N) is 2. The third-order valence-corrected chi connectivity index (χ3v) is 3.79. The number of benzene rings is 2. The first-order valence-electron chi connectivity index (χ1n) is 5.92. The minimum absolute atomic E-state index is 0.296. The maximum Gasteiger partial charge on any atom is 0.192 e. The van der Waals surface area contributed by atoms with E-state index in [9.17, 15) is 5.11 Å². The highest BCUT2D eigenvalue weighted by molar-refractivity contribution is 7.99. The molecule has 0 aliphatic rings. The van der Waals surface area contributed by atoms with Crippen LogP contribution in [-0.2, 0) is 0 Å². The van der Waals surface area contributed by atoms with Crippen molar-refractivity contribution in [2.24, 2.45) is 0 Å². The van der Waals surface area contributed by atoms with Gasteiger partial charge in [-0.15, -0.1) is 0 Å². The predicted molar refractivity (Wildman–Crippen MR) is 76.5 cm³/mol. The number of hydrogen-bond donors (Lipinski definition) is 1.